The van der Waals surface area contributed by atoms with Gasteiger partial charge < -0.3 is 19.4 Å². The third kappa shape index (κ3) is 4.21. The summed E-state index contributed by atoms with van der Waals surface area (Å²) < 4.78 is 6.24. The van der Waals surface area contributed by atoms with Crippen LogP contribution in [0.2, 0.25) is 0 Å². The third-order valence-corrected chi connectivity index (χ3v) is 9.60. The van der Waals surface area contributed by atoms with E-state index in [2.05, 4.69) is 43.1 Å². The van der Waals surface area contributed by atoms with E-state index in [0.29, 0.717) is 12.0 Å². The maximum absolute atomic E-state index is 13.9. The number of fused-ring (bicyclic) bond motifs is 3. The van der Waals surface area contributed by atoms with Gasteiger partial charge in [-0.25, -0.2) is 0 Å². The molecule has 0 aliphatic carbocycles. The Balaban J connectivity index is 1.14. The first kappa shape index (κ1) is 25.3. The van der Waals surface area contributed by atoms with Gasteiger partial charge in [0.15, 0.2) is 0 Å². The lowest BCUT2D eigenvalue weighted by atomic mass is 9.74. The van der Waals surface area contributed by atoms with Crippen LogP contribution in [0.4, 0.5) is 11.4 Å². The minimum Gasteiger partial charge on any atom is -0.492 e. The van der Waals surface area contributed by atoms with Crippen molar-refractivity contribution in [3.63, 3.8) is 0 Å². The Hall–Kier alpha value is -3.64. The standard InChI is InChI=1S/C34H37N3O3/c1-23-19-27(36-15-4-6-32(36)38)11-12-28(23)24-7-9-25(10-8-24)33(39)37-16-3-5-26-20-31-29(21-30(26)37)34(22-40-31)13-17-35(2)18-14-34/h7-12,19-21H,3-6,13-18,22H2,1-2H3. The van der Waals surface area contributed by atoms with Crippen LogP contribution in [0.15, 0.2) is 54.6 Å². The number of nitrogens with zero attached hydrogens (tertiary/aromatic N) is 3. The number of hydrogen-bond donors (Lipinski definition) is 0. The number of benzene rings is 3. The molecule has 0 atom stereocenters. The Morgan fingerprint density at radius 2 is 1.68 bits per heavy atom. The summed E-state index contributed by atoms with van der Waals surface area (Å²) in [5.41, 5.74) is 8.64. The zero-order valence-corrected chi connectivity index (χ0v) is 23.5. The van der Waals surface area contributed by atoms with Gasteiger partial charge in [0.1, 0.15) is 5.75 Å². The second-order valence-electron chi connectivity index (χ2n) is 12.1. The SMILES string of the molecule is Cc1cc(N2CCCC2=O)ccc1-c1ccc(C(=O)N2CCCc3cc4c(cc32)C2(CCN(C)CC2)CO4)cc1. The molecular formula is C34H37N3O3. The smallest absolute Gasteiger partial charge is 0.258 e. The van der Waals surface area contributed by atoms with Gasteiger partial charge in [0.05, 0.1) is 6.61 Å². The molecule has 0 unspecified atom stereocenters. The van der Waals surface area contributed by atoms with E-state index >= 15 is 0 Å². The molecule has 0 saturated carbocycles. The van der Waals surface area contributed by atoms with Crippen molar-refractivity contribution in [3.8, 4) is 16.9 Å². The highest BCUT2D eigenvalue weighted by atomic mass is 16.5. The number of amides is 2. The third-order valence-electron chi connectivity index (χ3n) is 9.60. The zero-order valence-electron chi connectivity index (χ0n) is 23.5. The van der Waals surface area contributed by atoms with Gasteiger partial charge in [-0.05, 0) is 118 Å². The number of hydrogen-bond acceptors (Lipinski definition) is 4. The molecule has 0 bridgehead atoms. The van der Waals surface area contributed by atoms with Crippen molar-refractivity contribution >= 4 is 23.2 Å². The summed E-state index contributed by atoms with van der Waals surface area (Å²) in [6, 6.07) is 18.7. The van der Waals surface area contributed by atoms with Crippen molar-refractivity contribution in [3.05, 3.63) is 76.9 Å². The normalized spacial score (nSPS) is 20.0. The lowest BCUT2D eigenvalue weighted by Gasteiger charge is -2.37. The lowest BCUT2D eigenvalue weighted by molar-refractivity contribution is -0.117. The summed E-state index contributed by atoms with van der Waals surface area (Å²) in [6.45, 7) is 6.52. The van der Waals surface area contributed by atoms with Gasteiger partial charge in [0, 0.05) is 47.4 Å². The van der Waals surface area contributed by atoms with E-state index in [9.17, 15) is 9.59 Å². The van der Waals surface area contributed by atoms with Crippen molar-refractivity contribution in [2.45, 2.75) is 50.9 Å². The van der Waals surface area contributed by atoms with Gasteiger partial charge in [-0.2, -0.15) is 0 Å². The predicted octanol–water partition coefficient (Wildman–Crippen LogP) is 5.74. The highest BCUT2D eigenvalue weighted by Crippen LogP contribution is 2.48. The molecule has 2 saturated heterocycles. The number of anilines is 2. The lowest BCUT2D eigenvalue weighted by Crippen LogP contribution is -2.42. The molecule has 2 fully saturated rings. The molecule has 2 amide bonds. The molecule has 6 nitrogen and oxygen atoms in total. The minimum atomic E-state index is 0.0587. The molecule has 3 aromatic rings. The number of piperidine rings is 1. The average molecular weight is 536 g/mol. The molecular weight excluding hydrogens is 498 g/mol. The summed E-state index contributed by atoms with van der Waals surface area (Å²) in [6.07, 6.45) is 5.68. The first-order chi connectivity index (χ1) is 19.4. The number of carbonyl (C=O) groups excluding carboxylic acids is 2. The molecule has 0 aromatic heterocycles. The molecule has 6 heteroatoms. The number of likely N-dealkylation sites (tertiary alicyclic amines) is 1. The van der Waals surface area contributed by atoms with Gasteiger partial charge in [0.2, 0.25) is 5.91 Å². The van der Waals surface area contributed by atoms with E-state index < -0.39 is 0 Å². The van der Waals surface area contributed by atoms with E-state index in [4.69, 9.17) is 4.74 Å². The second-order valence-corrected chi connectivity index (χ2v) is 12.1. The molecule has 40 heavy (non-hydrogen) atoms. The Kier molecular flexibility index (Phi) is 6.19. The molecule has 0 N–H and O–H groups in total. The molecule has 3 aromatic carbocycles. The number of ether oxygens (including phenoxy) is 1. The molecule has 7 rings (SSSR count). The molecule has 4 aliphatic heterocycles. The zero-order chi connectivity index (χ0) is 27.4. The van der Waals surface area contributed by atoms with E-state index in [-0.39, 0.29) is 17.2 Å². The minimum absolute atomic E-state index is 0.0587. The van der Waals surface area contributed by atoms with Crippen molar-refractivity contribution < 1.29 is 14.3 Å². The summed E-state index contributed by atoms with van der Waals surface area (Å²) in [7, 11) is 2.19. The Bertz CT molecular complexity index is 1490. The van der Waals surface area contributed by atoms with Gasteiger partial charge >= 0.3 is 0 Å². The van der Waals surface area contributed by atoms with E-state index in [1.165, 1.54) is 11.1 Å². The number of rotatable bonds is 3. The van der Waals surface area contributed by atoms with Crippen molar-refractivity contribution in [2.24, 2.45) is 0 Å². The summed E-state index contributed by atoms with van der Waals surface area (Å²) in [5, 5.41) is 0. The van der Waals surface area contributed by atoms with Gasteiger partial charge in [-0.1, -0.05) is 18.2 Å². The summed E-state index contributed by atoms with van der Waals surface area (Å²) in [4.78, 5) is 32.3. The van der Waals surface area contributed by atoms with Crippen LogP contribution >= 0.6 is 0 Å². The fraction of sp³-hybridized carbons (Fsp3) is 0.412. The Labute approximate surface area is 236 Å². The number of carbonyl (C=O) groups is 2. The van der Waals surface area contributed by atoms with E-state index in [1.807, 2.05) is 40.1 Å². The largest absolute Gasteiger partial charge is 0.492 e. The molecule has 1 spiro atoms. The monoisotopic (exact) mass is 535 g/mol. The maximum atomic E-state index is 13.9. The van der Waals surface area contributed by atoms with Crippen molar-refractivity contribution in [1.29, 1.82) is 0 Å². The Morgan fingerprint density at radius 1 is 0.900 bits per heavy atom. The fourth-order valence-corrected chi connectivity index (χ4v) is 7.12. The van der Waals surface area contributed by atoms with Crippen LogP contribution in [0, 0.1) is 6.92 Å². The van der Waals surface area contributed by atoms with Crippen LogP contribution in [0.5, 0.6) is 5.75 Å². The molecule has 4 heterocycles. The first-order valence-corrected chi connectivity index (χ1v) is 14.7. The van der Waals surface area contributed by atoms with Crippen LogP contribution in [0.25, 0.3) is 11.1 Å². The molecule has 4 aliphatic rings. The summed E-state index contributed by atoms with van der Waals surface area (Å²) in [5.74, 6) is 1.29. The van der Waals surface area contributed by atoms with Crippen LogP contribution in [-0.2, 0) is 16.6 Å². The number of aryl methyl sites for hydroxylation is 2. The maximum Gasteiger partial charge on any atom is 0.258 e. The quantitative estimate of drug-likeness (QED) is 0.429. The van der Waals surface area contributed by atoms with Crippen molar-refractivity contribution in [1.82, 2.24) is 4.90 Å². The molecule has 206 valence electrons. The topological polar surface area (TPSA) is 53.1 Å². The van der Waals surface area contributed by atoms with E-state index in [0.717, 1.165) is 98.7 Å². The van der Waals surface area contributed by atoms with Crippen molar-refractivity contribution in [2.75, 3.05) is 49.6 Å². The Morgan fingerprint density at radius 3 is 2.40 bits per heavy atom. The molecule has 0 radical (unpaired) electrons. The first-order valence-electron chi connectivity index (χ1n) is 14.7. The second kappa shape index (κ2) is 9.77. The highest BCUT2D eigenvalue weighted by molar-refractivity contribution is 6.07. The van der Waals surface area contributed by atoms with Gasteiger partial charge in [-0.3, -0.25) is 9.59 Å². The van der Waals surface area contributed by atoms with Crippen LogP contribution in [-0.4, -0.2) is 56.5 Å². The fourth-order valence-electron chi connectivity index (χ4n) is 7.12. The summed E-state index contributed by atoms with van der Waals surface area (Å²) >= 11 is 0. The van der Waals surface area contributed by atoms with Crippen LogP contribution in [0.3, 0.4) is 0 Å². The van der Waals surface area contributed by atoms with Crippen LogP contribution in [0.1, 0.15) is 59.2 Å². The van der Waals surface area contributed by atoms with E-state index in [1.54, 1.807) is 0 Å². The highest BCUT2D eigenvalue weighted by Gasteiger charge is 2.43. The predicted molar refractivity (Wildman–Crippen MR) is 159 cm³/mol. The van der Waals surface area contributed by atoms with Crippen LogP contribution < -0.4 is 14.5 Å². The van der Waals surface area contributed by atoms with Gasteiger partial charge in [0.25, 0.3) is 5.91 Å². The van der Waals surface area contributed by atoms with Gasteiger partial charge in [-0.15, -0.1) is 0 Å². The average Bonchev–Trinajstić information content (AvgIpc) is 3.56.